The number of ether oxygens (including phenoxy) is 1. The molecule has 0 unspecified atom stereocenters. The minimum absolute atomic E-state index is 0.157. The molecule has 0 radical (unpaired) electrons. The van der Waals surface area contributed by atoms with E-state index in [0.717, 1.165) is 11.1 Å². The van der Waals surface area contributed by atoms with Crippen LogP contribution in [0.2, 0.25) is 5.02 Å². The molecule has 0 saturated heterocycles. The van der Waals surface area contributed by atoms with Gasteiger partial charge in [-0.1, -0.05) is 55.8 Å². The highest BCUT2D eigenvalue weighted by Crippen LogP contribution is 2.19. The zero-order valence-corrected chi connectivity index (χ0v) is 18.2. The quantitative estimate of drug-likeness (QED) is 0.665. The molecule has 0 aliphatic rings. The van der Waals surface area contributed by atoms with E-state index >= 15 is 0 Å². The number of nitrogens with one attached hydrogen (secondary N) is 1. The lowest BCUT2D eigenvalue weighted by atomic mass is 10.1. The molecule has 6 heteroatoms. The van der Waals surface area contributed by atoms with Gasteiger partial charge in [0.2, 0.25) is 5.91 Å². The smallest absolute Gasteiger partial charge is 0.261 e. The molecular formula is C23H29ClN2O3. The molecule has 0 saturated carbocycles. The molecule has 2 amide bonds. The Labute approximate surface area is 178 Å². The van der Waals surface area contributed by atoms with Gasteiger partial charge in [-0.25, -0.2) is 0 Å². The van der Waals surface area contributed by atoms with E-state index in [1.54, 1.807) is 19.1 Å². The molecule has 1 atom stereocenters. The standard InChI is InChI=1S/C23H29ClN2O3/c1-16(2)13-25-23(28)18(4)26(14-19-9-5-6-11-21(19)24)22(27)15-29-20-10-7-8-17(3)12-20/h5-12,16,18H,13-15H2,1-4H3,(H,25,28)/t18-/m0/s1. The number of hydrogen-bond acceptors (Lipinski definition) is 3. The fourth-order valence-corrected chi connectivity index (χ4v) is 2.97. The van der Waals surface area contributed by atoms with Crippen molar-refractivity contribution in [2.24, 2.45) is 5.92 Å². The van der Waals surface area contributed by atoms with Gasteiger partial charge in [0, 0.05) is 18.1 Å². The summed E-state index contributed by atoms with van der Waals surface area (Å²) in [6.45, 7) is 8.34. The van der Waals surface area contributed by atoms with Crippen molar-refractivity contribution in [1.82, 2.24) is 10.2 Å². The molecule has 0 aliphatic carbocycles. The fraction of sp³-hybridized carbons (Fsp3) is 0.391. The van der Waals surface area contributed by atoms with Crippen molar-refractivity contribution < 1.29 is 14.3 Å². The van der Waals surface area contributed by atoms with Gasteiger partial charge in [0.05, 0.1) is 0 Å². The SMILES string of the molecule is Cc1cccc(OCC(=O)N(Cc2ccccc2Cl)[C@@H](C)C(=O)NCC(C)C)c1. The van der Waals surface area contributed by atoms with Gasteiger partial charge in [0.25, 0.3) is 5.91 Å². The summed E-state index contributed by atoms with van der Waals surface area (Å²) in [7, 11) is 0. The Balaban J connectivity index is 2.14. The maximum Gasteiger partial charge on any atom is 0.261 e. The lowest BCUT2D eigenvalue weighted by molar-refractivity contribution is -0.142. The summed E-state index contributed by atoms with van der Waals surface area (Å²) >= 11 is 6.28. The molecule has 5 nitrogen and oxygen atoms in total. The molecule has 2 aromatic rings. The van der Waals surface area contributed by atoms with Gasteiger partial charge in [0.15, 0.2) is 6.61 Å². The molecule has 0 aromatic heterocycles. The van der Waals surface area contributed by atoms with Crippen LogP contribution in [0.3, 0.4) is 0 Å². The van der Waals surface area contributed by atoms with Gasteiger partial charge in [-0.15, -0.1) is 0 Å². The topological polar surface area (TPSA) is 58.6 Å². The Kier molecular flexibility index (Phi) is 8.52. The number of hydrogen-bond donors (Lipinski definition) is 1. The molecule has 0 bridgehead atoms. The summed E-state index contributed by atoms with van der Waals surface area (Å²) in [5.41, 5.74) is 1.82. The monoisotopic (exact) mass is 416 g/mol. The van der Waals surface area contributed by atoms with Crippen molar-refractivity contribution >= 4 is 23.4 Å². The van der Waals surface area contributed by atoms with E-state index < -0.39 is 6.04 Å². The first-order valence-electron chi connectivity index (χ1n) is 9.78. The van der Waals surface area contributed by atoms with Crippen LogP contribution in [0.25, 0.3) is 0 Å². The second-order valence-corrected chi connectivity index (χ2v) is 7.94. The van der Waals surface area contributed by atoms with Crippen molar-refractivity contribution in [3.05, 3.63) is 64.7 Å². The second kappa shape index (κ2) is 10.9. The summed E-state index contributed by atoms with van der Waals surface area (Å²) in [6, 6.07) is 14.2. The van der Waals surface area contributed by atoms with Crippen molar-refractivity contribution in [2.75, 3.05) is 13.2 Å². The van der Waals surface area contributed by atoms with Crippen molar-refractivity contribution in [3.63, 3.8) is 0 Å². The van der Waals surface area contributed by atoms with Gasteiger partial charge in [-0.2, -0.15) is 0 Å². The highest BCUT2D eigenvalue weighted by molar-refractivity contribution is 6.31. The van der Waals surface area contributed by atoms with Crippen LogP contribution in [0.1, 0.15) is 31.9 Å². The van der Waals surface area contributed by atoms with Crippen molar-refractivity contribution in [1.29, 1.82) is 0 Å². The van der Waals surface area contributed by atoms with Crippen LogP contribution < -0.4 is 10.1 Å². The Hall–Kier alpha value is -2.53. The van der Waals surface area contributed by atoms with Gasteiger partial charge < -0.3 is 15.0 Å². The average molecular weight is 417 g/mol. The van der Waals surface area contributed by atoms with E-state index in [4.69, 9.17) is 16.3 Å². The summed E-state index contributed by atoms with van der Waals surface area (Å²) < 4.78 is 5.67. The summed E-state index contributed by atoms with van der Waals surface area (Å²) in [6.07, 6.45) is 0. The van der Waals surface area contributed by atoms with Gasteiger partial charge in [-0.05, 0) is 49.1 Å². The number of halogens is 1. The molecule has 0 spiro atoms. The summed E-state index contributed by atoms with van der Waals surface area (Å²) in [4.78, 5) is 27.1. The first-order chi connectivity index (χ1) is 13.8. The lowest BCUT2D eigenvalue weighted by Crippen LogP contribution is -2.49. The summed E-state index contributed by atoms with van der Waals surface area (Å²) in [5.74, 6) is 0.463. The zero-order chi connectivity index (χ0) is 21.4. The van der Waals surface area contributed by atoms with Crippen LogP contribution in [0.5, 0.6) is 5.75 Å². The molecule has 1 N–H and O–H groups in total. The normalized spacial score (nSPS) is 11.8. The summed E-state index contributed by atoms with van der Waals surface area (Å²) in [5, 5.41) is 3.45. The molecule has 29 heavy (non-hydrogen) atoms. The van der Waals surface area contributed by atoms with Gasteiger partial charge in [-0.3, -0.25) is 9.59 Å². The first-order valence-corrected chi connectivity index (χ1v) is 10.2. The fourth-order valence-electron chi connectivity index (χ4n) is 2.78. The number of carbonyl (C=O) groups excluding carboxylic acids is 2. The molecule has 0 fully saturated rings. The Morgan fingerprint density at radius 2 is 1.83 bits per heavy atom. The van der Waals surface area contributed by atoms with E-state index in [0.29, 0.717) is 23.2 Å². The highest BCUT2D eigenvalue weighted by Gasteiger charge is 2.27. The predicted molar refractivity (Wildman–Crippen MR) is 116 cm³/mol. The Morgan fingerprint density at radius 1 is 1.10 bits per heavy atom. The van der Waals surface area contributed by atoms with E-state index in [1.165, 1.54) is 4.90 Å². The van der Waals surface area contributed by atoms with Crippen LogP contribution in [-0.4, -0.2) is 35.9 Å². The van der Waals surface area contributed by atoms with Crippen molar-refractivity contribution in [3.8, 4) is 5.75 Å². The average Bonchev–Trinajstić information content (AvgIpc) is 2.69. The first kappa shape index (κ1) is 22.8. The van der Waals surface area contributed by atoms with Crippen LogP contribution in [0.4, 0.5) is 0 Å². The van der Waals surface area contributed by atoms with E-state index in [-0.39, 0.29) is 25.0 Å². The number of benzene rings is 2. The maximum atomic E-state index is 13.0. The zero-order valence-electron chi connectivity index (χ0n) is 17.4. The largest absolute Gasteiger partial charge is 0.484 e. The molecule has 2 rings (SSSR count). The van der Waals surface area contributed by atoms with Crippen LogP contribution in [0.15, 0.2) is 48.5 Å². The van der Waals surface area contributed by atoms with E-state index in [2.05, 4.69) is 5.32 Å². The number of carbonyl (C=O) groups is 2. The molecule has 2 aromatic carbocycles. The molecule has 0 heterocycles. The van der Waals surface area contributed by atoms with Crippen LogP contribution in [-0.2, 0) is 16.1 Å². The Morgan fingerprint density at radius 3 is 2.48 bits per heavy atom. The van der Waals surface area contributed by atoms with Gasteiger partial charge in [0.1, 0.15) is 11.8 Å². The van der Waals surface area contributed by atoms with Crippen LogP contribution in [0, 0.1) is 12.8 Å². The number of nitrogens with zero attached hydrogens (tertiary/aromatic N) is 1. The van der Waals surface area contributed by atoms with Gasteiger partial charge >= 0.3 is 0 Å². The molecule has 0 aliphatic heterocycles. The third-order valence-corrected chi connectivity index (χ3v) is 4.87. The van der Waals surface area contributed by atoms with Crippen LogP contribution >= 0.6 is 11.6 Å². The number of amides is 2. The third kappa shape index (κ3) is 7.09. The Bertz CT molecular complexity index is 838. The maximum absolute atomic E-state index is 13.0. The second-order valence-electron chi connectivity index (χ2n) is 7.53. The molecular weight excluding hydrogens is 388 g/mol. The number of rotatable bonds is 9. The third-order valence-electron chi connectivity index (χ3n) is 4.50. The highest BCUT2D eigenvalue weighted by atomic mass is 35.5. The van der Waals surface area contributed by atoms with E-state index in [1.807, 2.05) is 57.2 Å². The molecule has 156 valence electrons. The predicted octanol–water partition coefficient (Wildman–Crippen LogP) is 4.22. The van der Waals surface area contributed by atoms with E-state index in [9.17, 15) is 9.59 Å². The number of aryl methyl sites for hydroxylation is 1. The minimum atomic E-state index is -0.654. The minimum Gasteiger partial charge on any atom is -0.484 e. The van der Waals surface area contributed by atoms with Crippen molar-refractivity contribution in [2.45, 2.75) is 40.3 Å². The lowest BCUT2D eigenvalue weighted by Gasteiger charge is -2.29.